The Morgan fingerprint density at radius 2 is 1.71 bits per heavy atom. The quantitative estimate of drug-likeness (QED) is 0.304. The zero-order valence-electron chi connectivity index (χ0n) is 13.6. The van der Waals surface area contributed by atoms with Crippen molar-refractivity contribution in [3.05, 3.63) is 0 Å². The molecule has 0 aromatic carbocycles. The molecule has 0 bridgehead atoms. The standard InChI is InChI=1S/C15H34N2O4/c1-3-9-21-11-6-8-17-14(13-18)15(19)12-16-7-5-10-20-4-2/h14-19H,3-13H2,1-2H3. The van der Waals surface area contributed by atoms with Gasteiger partial charge in [0.25, 0.3) is 0 Å². The van der Waals surface area contributed by atoms with Crippen LogP contribution in [0, 0.1) is 0 Å². The molecule has 0 rings (SSSR count). The Labute approximate surface area is 129 Å². The molecular weight excluding hydrogens is 272 g/mol. The second-order valence-electron chi connectivity index (χ2n) is 5.03. The summed E-state index contributed by atoms with van der Waals surface area (Å²) in [6.45, 7) is 8.97. The minimum Gasteiger partial charge on any atom is -0.395 e. The topological polar surface area (TPSA) is 83.0 Å². The lowest BCUT2D eigenvalue weighted by atomic mass is 10.1. The number of hydrogen-bond acceptors (Lipinski definition) is 6. The molecule has 128 valence electrons. The van der Waals surface area contributed by atoms with E-state index in [1.807, 2.05) is 6.92 Å². The van der Waals surface area contributed by atoms with Gasteiger partial charge in [-0.15, -0.1) is 0 Å². The summed E-state index contributed by atoms with van der Waals surface area (Å²) in [5.41, 5.74) is 0. The van der Waals surface area contributed by atoms with Crippen molar-refractivity contribution in [1.82, 2.24) is 10.6 Å². The fourth-order valence-electron chi connectivity index (χ4n) is 1.87. The molecule has 6 heteroatoms. The van der Waals surface area contributed by atoms with E-state index in [1.165, 1.54) is 0 Å². The van der Waals surface area contributed by atoms with E-state index in [4.69, 9.17) is 9.47 Å². The molecule has 0 spiro atoms. The molecule has 4 N–H and O–H groups in total. The van der Waals surface area contributed by atoms with Crippen LogP contribution in [0.1, 0.15) is 33.1 Å². The van der Waals surface area contributed by atoms with E-state index in [-0.39, 0.29) is 12.6 Å². The molecule has 0 aromatic rings. The van der Waals surface area contributed by atoms with Crippen molar-refractivity contribution in [3.8, 4) is 0 Å². The second kappa shape index (κ2) is 16.1. The van der Waals surface area contributed by atoms with Gasteiger partial charge in [0.05, 0.1) is 18.8 Å². The molecule has 0 aliphatic rings. The van der Waals surface area contributed by atoms with Crippen molar-refractivity contribution in [3.63, 3.8) is 0 Å². The maximum absolute atomic E-state index is 10.0. The van der Waals surface area contributed by atoms with Crippen LogP contribution in [0.2, 0.25) is 0 Å². The summed E-state index contributed by atoms with van der Waals surface area (Å²) in [5, 5.41) is 25.6. The van der Waals surface area contributed by atoms with Gasteiger partial charge in [-0.3, -0.25) is 0 Å². The third kappa shape index (κ3) is 13.2. The Balaban J connectivity index is 3.54. The van der Waals surface area contributed by atoms with E-state index >= 15 is 0 Å². The average molecular weight is 306 g/mol. The van der Waals surface area contributed by atoms with Gasteiger partial charge >= 0.3 is 0 Å². The highest BCUT2D eigenvalue weighted by Gasteiger charge is 2.16. The first-order valence-electron chi connectivity index (χ1n) is 8.14. The molecule has 0 saturated carbocycles. The number of aliphatic hydroxyl groups is 2. The molecule has 0 aliphatic heterocycles. The van der Waals surface area contributed by atoms with Gasteiger partial charge in [0.15, 0.2) is 0 Å². The molecule has 0 amide bonds. The first-order chi connectivity index (χ1) is 10.3. The largest absolute Gasteiger partial charge is 0.395 e. The predicted octanol–water partition coefficient (Wildman–Crippen LogP) is 0.131. The molecule has 0 radical (unpaired) electrons. The van der Waals surface area contributed by atoms with Crippen molar-refractivity contribution >= 4 is 0 Å². The summed E-state index contributed by atoms with van der Waals surface area (Å²) in [5.74, 6) is 0. The zero-order chi connectivity index (χ0) is 15.8. The van der Waals surface area contributed by atoms with Crippen LogP contribution in [0.3, 0.4) is 0 Å². The van der Waals surface area contributed by atoms with Crippen LogP contribution < -0.4 is 10.6 Å². The van der Waals surface area contributed by atoms with Crippen LogP contribution in [0.25, 0.3) is 0 Å². The first kappa shape index (κ1) is 20.8. The summed E-state index contributed by atoms with van der Waals surface area (Å²) < 4.78 is 10.6. The fraction of sp³-hybridized carbons (Fsp3) is 1.00. The Morgan fingerprint density at radius 1 is 1.00 bits per heavy atom. The predicted molar refractivity (Wildman–Crippen MR) is 84.6 cm³/mol. The van der Waals surface area contributed by atoms with Crippen LogP contribution in [-0.4, -0.2) is 75.0 Å². The highest BCUT2D eigenvalue weighted by Crippen LogP contribution is 1.94. The molecule has 21 heavy (non-hydrogen) atoms. The van der Waals surface area contributed by atoms with Crippen LogP contribution in [0.5, 0.6) is 0 Å². The van der Waals surface area contributed by atoms with Crippen molar-refractivity contribution < 1.29 is 19.7 Å². The van der Waals surface area contributed by atoms with E-state index in [0.29, 0.717) is 13.2 Å². The third-order valence-electron chi connectivity index (χ3n) is 3.08. The number of nitrogens with one attached hydrogen (secondary N) is 2. The molecule has 0 fully saturated rings. The summed E-state index contributed by atoms with van der Waals surface area (Å²) >= 11 is 0. The molecule has 0 heterocycles. The lowest BCUT2D eigenvalue weighted by Crippen LogP contribution is -2.48. The van der Waals surface area contributed by atoms with E-state index in [9.17, 15) is 10.2 Å². The molecule has 6 nitrogen and oxygen atoms in total. The summed E-state index contributed by atoms with van der Waals surface area (Å²) in [7, 11) is 0. The second-order valence-corrected chi connectivity index (χ2v) is 5.03. The van der Waals surface area contributed by atoms with Crippen LogP contribution in [0.4, 0.5) is 0 Å². The number of aliphatic hydroxyl groups excluding tert-OH is 2. The van der Waals surface area contributed by atoms with Gasteiger partial charge in [-0.25, -0.2) is 0 Å². The van der Waals surface area contributed by atoms with Gasteiger partial charge in [-0.05, 0) is 39.3 Å². The van der Waals surface area contributed by atoms with Gasteiger partial charge in [-0.2, -0.15) is 0 Å². The molecular formula is C15H34N2O4. The normalized spacial score (nSPS) is 14.3. The monoisotopic (exact) mass is 306 g/mol. The Morgan fingerprint density at radius 3 is 2.38 bits per heavy atom. The highest BCUT2D eigenvalue weighted by atomic mass is 16.5. The van der Waals surface area contributed by atoms with Crippen molar-refractivity contribution in [1.29, 1.82) is 0 Å². The van der Waals surface area contributed by atoms with Crippen molar-refractivity contribution in [2.24, 2.45) is 0 Å². The maximum atomic E-state index is 10.0. The molecule has 0 aromatic heterocycles. The van der Waals surface area contributed by atoms with Gasteiger partial charge < -0.3 is 30.3 Å². The van der Waals surface area contributed by atoms with E-state index in [0.717, 1.165) is 52.2 Å². The average Bonchev–Trinajstić information content (AvgIpc) is 2.50. The first-order valence-corrected chi connectivity index (χ1v) is 8.14. The summed E-state index contributed by atoms with van der Waals surface area (Å²) in [6, 6.07) is -0.296. The number of hydrogen-bond donors (Lipinski definition) is 4. The highest BCUT2D eigenvalue weighted by molar-refractivity contribution is 4.76. The lowest BCUT2D eigenvalue weighted by Gasteiger charge is -2.22. The Bertz CT molecular complexity index is 208. The van der Waals surface area contributed by atoms with E-state index < -0.39 is 6.10 Å². The van der Waals surface area contributed by atoms with Crippen LogP contribution in [-0.2, 0) is 9.47 Å². The van der Waals surface area contributed by atoms with E-state index in [2.05, 4.69) is 17.6 Å². The minimum atomic E-state index is -0.598. The minimum absolute atomic E-state index is 0.0718. The van der Waals surface area contributed by atoms with Crippen LogP contribution in [0.15, 0.2) is 0 Å². The molecule has 2 unspecified atom stereocenters. The lowest BCUT2D eigenvalue weighted by molar-refractivity contribution is 0.0841. The smallest absolute Gasteiger partial charge is 0.0839 e. The van der Waals surface area contributed by atoms with Crippen LogP contribution >= 0.6 is 0 Å². The van der Waals surface area contributed by atoms with Crippen molar-refractivity contribution in [2.45, 2.75) is 45.3 Å². The Kier molecular flexibility index (Phi) is 16.0. The number of rotatable bonds is 16. The molecule has 2 atom stereocenters. The van der Waals surface area contributed by atoms with Gasteiger partial charge in [0.1, 0.15) is 0 Å². The van der Waals surface area contributed by atoms with Gasteiger partial charge in [0, 0.05) is 33.0 Å². The van der Waals surface area contributed by atoms with E-state index in [1.54, 1.807) is 0 Å². The van der Waals surface area contributed by atoms with Crippen molar-refractivity contribution in [2.75, 3.05) is 52.7 Å². The SMILES string of the molecule is CCCOCCCNC(CO)C(O)CNCCCOCC. The summed E-state index contributed by atoms with van der Waals surface area (Å²) in [6.07, 6.45) is 2.23. The Hall–Kier alpha value is -0.240. The number of ether oxygens (including phenoxy) is 2. The van der Waals surface area contributed by atoms with Gasteiger partial charge in [-0.1, -0.05) is 6.92 Å². The maximum Gasteiger partial charge on any atom is 0.0839 e. The third-order valence-corrected chi connectivity index (χ3v) is 3.08. The molecule has 0 saturated heterocycles. The molecule has 0 aliphatic carbocycles. The fourth-order valence-corrected chi connectivity index (χ4v) is 1.87. The summed E-state index contributed by atoms with van der Waals surface area (Å²) in [4.78, 5) is 0. The van der Waals surface area contributed by atoms with Gasteiger partial charge in [0.2, 0.25) is 0 Å². The zero-order valence-corrected chi connectivity index (χ0v) is 13.6.